The molecule has 20 heavy (non-hydrogen) atoms. The summed E-state index contributed by atoms with van der Waals surface area (Å²) in [4.78, 5) is 2.57. The van der Waals surface area contributed by atoms with Crippen LogP contribution in [-0.4, -0.2) is 6.04 Å². The molecule has 1 nitrogen and oxygen atoms in total. The Bertz CT molecular complexity index is 611. The Morgan fingerprint density at radius 3 is 2.60 bits per heavy atom. The molecule has 0 aliphatic heterocycles. The maximum atomic E-state index is 3.62. The molecular formula is C16H15Br2NS. The number of halogens is 2. The lowest BCUT2D eigenvalue weighted by molar-refractivity contribution is 0.680. The molecule has 0 radical (unpaired) electrons. The lowest BCUT2D eigenvalue weighted by Gasteiger charge is -2.11. The topological polar surface area (TPSA) is 12.0 Å². The molecule has 3 rings (SSSR count). The Morgan fingerprint density at radius 2 is 1.85 bits per heavy atom. The third-order valence-electron chi connectivity index (χ3n) is 3.24. The van der Waals surface area contributed by atoms with Crippen LogP contribution >= 0.6 is 43.6 Å². The summed E-state index contributed by atoms with van der Waals surface area (Å²) in [5, 5.41) is 3.60. The smallest absolute Gasteiger partial charge is 0.0314 e. The summed E-state index contributed by atoms with van der Waals surface area (Å²) in [6.07, 6.45) is 2.64. The van der Waals surface area contributed by atoms with Gasteiger partial charge in [-0.25, -0.2) is 0 Å². The first-order valence-electron chi connectivity index (χ1n) is 6.66. The number of nitrogens with one attached hydrogen (secondary N) is 1. The van der Waals surface area contributed by atoms with Crippen LogP contribution in [-0.2, 0) is 6.54 Å². The summed E-state index contributed by atoms with van der Waals surface area (Å²) in [6, 6.07) is 15.6. The summed E-state index contributed by atoms with van der Waals surface area (Å²) >= 11 is 9.01. The predicted molar refractivity (Wildman–Crippen MR) is 92.3 cm³/mol. The van der Waals surface area contributed by atoms with Crippen LogP contribution in [0.4, 0.5) is 0 Å². The largest absolute Gasteiger partial charge is 0.310 e. The molecule has 0 amide bonds. The molecule has 0 bridgehead atoms. The van der Waals surface area contributed by atoms with Gasteiger partial charge in [-0.2, -0.15) is 0 Å². The molecular weight excluding hydrogens is 398 g/mol. The molecule has 0 aromatic heterocycles. The minimum absolute atomic E-state index is 0.732. The van der Waals surface area contributed by atoms with Crippen molar-refractivity contribution in [3.8, 4) is 0 Å². The van der Waals surface area contributed by atoms with E-state index < -0.39 is 0 Å². The van der Waals surface area contributed by atoms with Crippen molar-refractivity contribution in [3.63, 3.8) is 0 Å². The minimum Gasteiger partial charge on any atom is -0.310 e. The third-order valence-corrected chi connectivity index (χ3v) is 5.88. The van der Waals surface area contributed by atoms with Crippen LogP contribution in [0.5, 0.6) is 0 Å². The van der Waals surface area contributed by atoms with E-state index in [0.29, 0.717) is 0 Å². The highest BCUT2D eigenvalue weighted by atomic mass is 79.9. The Balaban J connectivity index is 1.82. The van der Waals surface area contributed by atoms with E-state index in [1.807, 2.05) is 17.8 Å². The molecule has 1 N–H and O–H groups in total. The van der Waals surface area contributed by atoms with E-state index in [1.165, 1.54) is 28.2 Å². The Morgan fingerprint density at radius 1 is 1.05 bits per heavy atom. The van der Waals surface area contributed by atoms with Gasteiger partial charge in [-0.1, -0.05) is 39.8 Å². The summed E-state index contributed by atoms with van der Waals surface area (Å²) in [7, 11) is 0. The second-order valence-corrected chi connectivity index (χ2v) is 7.79. The predicted octanol–water partition coefficient (Wildman–Crippen LogP) is 5.61. The van der Waals surface area contributed by atoms with Gasteiger partial charge >= 0.3 is 0 Å². The van der Waals surface area contributed by atoms with Crippen molar-refractivity contribution in [2.24, 2.45) is 0 Å². The number of hydrogen-bond donors (Lipinski definition) is 1. The average Bonchev–Trinajstić information content (AvgIpc) is 3.25. The fraction of sp³-hybridized carbons (Fsp3) is 0.250. The van der Waals surface area contributed by atoms with E-state index >= 15 is 0 Å². The summed E-state index contributed by atoms with van der Waals surface area (Å²) in [5.74, 6) is 0. The van der Waals surface area contributed by atoms with E-state index in [1.54, 1.807) is 0 Å². The van der Waals surface area contributed by atoms with E-state index in [9.17, 15) is 0 Å². The highest BCUT2D eigenvalue weighted by molar-refractivity contribution is 9.10. The fourth-order valence-corrected chi connectivity index (χ4v) is 3.86. The van der Waals surface area contributed by atoms with Crippen molar-refractivity contribution in [2.45, 2.75) is 35.2 Å². The Labute approximate surface area is 140 Å². The van der Waals surface area contributed by atoms with Crippen LogP contribution in [0.3, 0.4) is 0 Å². The number of hydrogen-bond acceptors (Lipinski definition) is 2. The summed E-state index contributed by atoms with van der Waals surface area (Å²) in [5.41, 5.74) is 1.35. The van der Waals surface area contributed by atoms with Gasteiger partial charge in [0.25, 0.3) is 0 Å². The monoisotopic (exact) mass is 411 g/mol. The first kappa shape index (κ1) is 14.6. The maximum absolute atomic E-state index is 3.62. The van der Waals surface area contributed by atoms with Gasteiger partial charge < -0.3 is 5.32 Å². The van der Waals surface area contributed by atoms with Crippen LogP contribution in [0, 0.1) is 0 Å². The Kier molecular flexibility index (Phi) is 4.87. The molecule has 2 aromatic carbocycles. The van der Waals surface area contributed by atoms with E-state index in [4.69, 9.17) is 0 Å². The van der Waals surface area contributed by atoms with Crippen LogP contribution in [0.2, 0.25) is 0 Å². The lowest BCUT2D eigenvalue weighted by atomic mass is 10.2. The molecule has 1 aliphatic rings. The molecule has 2 aromatic rings. The van der Waals surface area contributed by atoms with Gasteiger partial charge in [-0.15, -0.1) is 0 Å². The zero-order valence-corrected chi connectivity index (χ0v) is 14.9. The van der Waals surface area contributed by atoms with Crippen molar-refractivity contribution < 1.29 is 0 Å². The van der Waals surface area contributed by atoms with Gasteiger partial charge in [0.2, 0.25) is 0 Å². The standard InChI is InChI=1S/C16H15Br2NS/c17-12-5-8-15(11(9-12)10-19-13-6-7-13)20-16-4-2-1-3-14(16)18/h1-5,8-9,13,19H,6-7,10H2. The molecule has 1 saturated carbocycles. The minimum atomic E-state index is 0.732. The molecule has 1 aliphatic carbocycles. The van der Waals surface area contributed by atoms with Crippen LogP contribution < -0.4 is 5.32 Å². The van der Waals surface area contributed by atoms with Gasteiger partial charge in [0.1, 0.15) is 0 Å². The van der Waals surface area contributed by atoms with Crippen LogP contribution in [0.25, 0.3) is 0 Å². The fourth-order valence-electron chi connectivity index (χ4n) is 1.97. The van der Waals surface area contributed by atoms with Gasteiger partial charge in [-0.05, 0) is 64.7 Å². The first-order chi connectivity index (χ1) is 9.72. The third kappa shape index (κ3) is 3.88. The van der Waals surface area contributed by atoms with Crippen molar-refractivity contribution in [1.82, 2.24) is 5.32 Å². The zero-order chi connectivity index (χ0) is 13.9. The van der Waals surface area contributed by atoms with Crippen molar-refractivity contribution in [2.75, 3.05) is 0 Å². The molecule has 0 atom stereocenters. The highest BCUT2D eigenvalue weighted by Gasteiger charge is 2.20. The van der Waals surface area contributed by atoms with E-state index in [0.717, 1.165) is 21.5 Å². The second kappa shape index (κ2) is 6.65. The lowest BCUT2D eigenvalue weighted by Crippen LogP contribution is -2.15. The van der Waals surface area contributed by atoms with Crippen molar-refractivity contribution >= 4 is 43.6 Å². The molecule has 1 fully saturated rings. The molecule has 4 heteroatoms. The molecule has 0 unspecified atom stereocenters. The van der Waals surface area contributed by atoms with Crippen molar-refractivity contribution in [1.29, 1.82) is 0 Å². The van der Waals surface area contributed by atoms with Gasteiger partial charge in [-0.3, -0.25) is 0 Å². The molecule has 0 heterocycles. The SMILES string of the molecule is Brc1ccc(Sc2ccccc2Br)c(CNC2CC2)c1. The quantitative estimate of drug-likeness (QED) is 0.684. The molecule has 0 saturated heterocycles. The number of benzene rings is 2. The van der Waals surface area contributed by atoms with E-state index in [2.05, 4.69) is 73.6 Å². The zero-order valence-electron chi connectivity index (χ0n) is 10.9. The van der Waals surface area contributed by atoms with Crippen LogP contribution in [0.15, 0.2) is 61.2 Å². The second-order valence-electron chi connectivity index (χ2n) is 4.94. The molecule has 0 spiro atoms. The average molecular weight is 413 g/mol. The first-order valence-corrected chi connectivity index (χ1v) is 9.07. The van der Waals surface area contributed by atoms with Gasteiger partial charge in [0.05, 0.1) is 0 Å². The summed E-state index contributed by atoms with van der Waals surface area (Å²) < 4.78 is 2.29. The van der Waals surface area contributed by atoms with Crippen LogP contribution in [0.1, 0.15) is 18.4 Å². The Hall–Kier alpha value is -0.290. The number of rotatable bonds is 5. The maximum Gasteiger partial charge on any atom is 0.0314 e. The van der Waals surface area contributed by atoms with Gasteiger partial charge in [0, 0.05) is 31.3 Å². The van der Waals surface area contributed by atoms with Gasteiger partial charge in [0.15, 0.2) is 0 Å². The van der Waals surface area contributed by atoms with E-state index in [-0.39, 0.29) is 0 Å². The normalized spacial score (nSPS) is 14.5. The molecule has 104 valence electrons. The van der Waals surface area contributed by atoms with Crippen molar-refractivity contribution in [3.05, 3.63) is 57.0 Å². The highest BCUT2D eigenvalue weighted by Crippen LogP contribution is 2.36. The summed E-state index contributed by atoms with van der Waals surface area (Å²) in [6.45, 7) is 0.941.